The van der Waals surface area contributed by atoms with E-state index in [9.17, 15) is 18.5 Å². The lowest BCUT2D eigenvalue weighted by molar-refractivity contribution is 0.102. The zero-order chi connectivity index (χ0) is 22.7. The van der Waals surface area contributed by atoms with Crippen molar-refractivity contribution >= 4 is 38.0 Å². The lowest BCUT2D eigenvalue weighted by atomic mass is 10.1. The number of anilines is 2. The summed E-state index contributed by atoms with van der Waals surface area (Å²) < 4.78 is 27.9. The van der Waals surface area contributed by atoms with Crippen LogP contribution in [0.4, 0.5) is 10.7 Å². The summed E-state index contributed by atoms with van der Waals surface area (Å²) in [5, 5.41) is 13.1. The monoisotopic (exact) mass is 465 g/mol. The quantitative estimate of drug-likeness (QED) is 0.503. The Morgan fingerprint density at radius 3 is 2.56 bits per heavy atom. The number of aryl methyl sites for hydroxylation is 2. The van der Waals surface area contributed by atoms with Crippen molar-refractivity contribution in [2.24, 2.45) is 0 Å². The van der Waals surface area contributed by atoms with Crippen LogP contribution in [0, 0.1) is 18.3 Å². The summed E-state index contributed by atoms with van der Waals surface area (Å²) in [6.07, 6.45) is 5.09. The molecule has 1 aliphatic rings. The molecule has 0 saturated carbocycles. The van der Waals surface area contributed by atoms with Gasteiger partial charge in [0.1, 0.15) is 11.1 Å². The van der Waals surface area contributed by atoms with Gasteiger partial charge in [-0.25, -0.2) is 8.42 Å². The van der Waals surface area contributed by atoms with Gasteiger partial charge >= 0.3 is 0 Å². The van der Waals surface area contributed by atoms with Crippen LogP contribution < -0.4 is 10.0 Å². The highest BCUT2D eigenvalue weighted by Crippen LogP contribution is 2.37. The molecule has 0 fully saturated rings. The second kappa shape index (κ2) is 9.15. The Hall–Kier alpha value is -3.15. The Morgan fingerprint density at radius 1 is 1.06 bits per heavy atom. The van der Waals surface area contributed by atoms with Crippen molar-refractivity contribution in [3.8, 4) is 6.07 Å². The van der Waals surface area contributed by atoms with Crippen LogP contribution in [0.15, 0.2) is 53.4 Å². The average molecular weight is 466 g/mol. The standard InChI is InChI=1S/C24H23N3O3S2/c1-16-10-12-19(13-11-16)32(29,30)27-18-7-5-6-17(14-18)23(28)26-24-21(15-25)20-8-3-2-4-9-22(20)31-24/h5-7,10-14,27H,2-4,8-9H2,1H3,(H,26,28). The zero-order valence-corrected chi connectivity index (χ0v) is 19.3. The second-order valence-electron chi connectivity index (χ2n) is 7.83. The summed E-state index contributed by atoms with van der Waals surface area (Å²) >= 11 is 1.47. The van der Waals surface area contributed by atoms with Crippen LogP contribution in [0.25, 0.3) is 0 Å². The number of carbonyl (C=O) groups excluding carboxylic acids is 1. The summed E-state index contributed by atoms with van der Waals surface area (Å²) in [5.74, 6) is -0.380. The normalized spacial score (nSPS) is 13.5. The maximum Gasteiger partial charge on any atom is 0.261 e. The maximum absolute atomic E-state index is 12.9. The number of fused-ring (bicyclic) bond motifs is 1. The van der Waals surface area contributed by atoms with Gasteiger partial charge in [-0.1, -0.05) is 30.2 Å². The number of nitrogens with one attached hydrogen (secondary N) is 2. The predicted octanol–water partition coefficient (Wildman–Crippen LogP) is 5.25. The SMILES string of the molecule is Cc1ccc(S(=O)(=O)Nc2cccc(C(=O)Nc3sc4c(c3C#N)CCCCC4)c2)cc1. The fourth-order valence-corrected chi connectivity index (χ4v) is 6.06. The number of carbonyl (C=O) groups is 1. The molecule has 2 aromatic carbocycles. The molecule has 0 saturated heterocycles. The van der Waals surface area contributed by atoms with Gasteiger partial charge in [-0.05, 0) is 68.5 Å². The van der Waals surface area contributed by atoms with E-state index < -0.39 is 10.0 Å². The van der Waals surface area contributed by atoms with Gasteiger partial charge in [0.15, 0.2) is 0 Å². The minimum Gasteiger partial charge on any atom is -0.312 e. The molecule has 32 heavy (non-hydrogen) atoms. The molecular weight excluding hydrogens is 442 g/mol. The van der Waals surface area contributed by atoms with E-state index in [-0.39, 0.29) is 10.8 Å². The van der Waals surface area contributed by atoms with Gasteiger partial charge < -0.3 is 5.32 Å². The highest BCUT2D eigenvalue weighted by molar-refractivity contribution is 7.92. The molecule has 1 aliphatic carbocycles. The number of amides is 1. The van der Waals surface area contributed by atoms with Crippen molar-refractivity contribution in [3.05, 3.63) is 75.7 Å². The van der Waals surface area contributed by atoms with Gasteiger partial charge in [0.25, 0.3) is 15.9 Å². The van der Waals surface area contributed by atoms with E-state index in [1.807, 2.05) is 6.92 Å². The van der Waals surface area contributed by atoms with Crippen LogP contribution in [-0.4, -0.2) is 14.3 Å². The fraction of sp³-hybridized carbons (Fsp3) is 0.250. The molecule has 164 valence electrons. The maximum atomic E-state index is 12.9. The van der Waals surface area contributed by atoms with Crippen LogP contribution >= 0.6 is 11.3 Å². The first-order chi connectivity index (χ1) is 15.4. The number of nitriles is 1. The largest absolute Gasteiger partial charge is 0.312 e. The Labute approximate surface area is 192 Å². The van der Waals surface area contributed by atoms with Crippen LogP contribution in [0.2, 0.25) is 0 Å². The molecule has 1 amide bonds. The first-order valence-corrected chi connectivity index (χ1v) is 12.7. The van der Waals surface area contributed by atoms with Crippen molar-refractivity contribution in [1.82, 2.24) is 0 Å². The lowest BCUT2D eigenvalue weighted by Gasteiger charge is -2.10. The van der Waals surface area contributed by atoms with E-state index in [2.05, 4.69) is 16.1 Å². The van der Waals surface area contributed by atoms with E-state index in [0.29, 0.717) is 21.8 Å². The van der Waals surface area contributed by atoms with E-state index in [1.165, 1.54) is 22.3 Å². The molecule has 3 aromatic rings. The molecule has 0 atom stereocenters. The fourth-order valence-electron chi connectivity index (χ4n) is 3.78. The number of rotatable bonds is 5. The van der Waals surface area contributed by atoms with Gasteiger partial charge in [0, 0.05) is 16.1 Å². The third kappa shape index (κ3) is 4.69. The van der Waals surface area contributed by atoms with E-state index >= 15 is 0 Å². The zero-order valence-electron chi connectivity index (χ0n) is 17.6. The van der Waals surface area contributed by atoms with Crippen molar-refractivity contribution in [3.63, 3.8) is 0 Å². The van der Waals surface area contributed by atoms with Crippen molar-refractivity contribution in [2.75, 3.05) is 10.0 Å². The molecule has 0 aliphatic heterocycles. The van der Waals surface area contributed by atoms with Crippen LogP contribution in [0.3, 0.4) is 0 Å². The van der Waals surface area contributed by atoms with Gasteiger partial charge in [-0.15, -0.1) is 11.3 Å². The van der Waals surface area contributed by atoms with Crippen molar-refractivity contribution < 1.29 is 13.2 Å². The number of sulfonamides is 1. The minimum atomic E-state index is -3.77. The number of thiophene rings is 1. The van der Waals surface area contributed by atoms with Gasteiger partial charge in [0.05, 0.1) is 10.5 Å². The predicted molar refractivity (Wildman–Crippen MR) is 127 cm³/mol. The second-order valence-corrected chi connectivity index (χ2v) is 10.6. The van der Waals surface area contributed by atoms with Crippen molar-refractivity contribution in [1.29, 1.82) is 5.26 Å². The molecule has 1 heterocycles. The number of benzene rings is 2. The molecule has 6 nitrogen and oxygen atoms in total. The molecule has 0 unspecified atom stereocenters. The third-order valence-electron chi connectivity index (χ3n) is 5.47. The molecular formula is C24H23N3O3S2. The molecule has 8 heteroatoms. The summed E-state index contributed by atoms with van der Waals surface area (Å²) in [7, 11) is -3.77. The molecule has 0 bridgehead atoms. The summed E-state index contributed by atoms with van der Waals surface area (Å²) in [6.45, 7) is 1.88. The molecule has 4 rings (SSSR count). The van der Waals surface area contributed by atoms with E-state index in [1.54, 1.807) is 42.5 Å². The van der Waals surface area contributed by atoms with E-state index in [0.717, 1.165) is 43.2 Å². The molecule has 2 N–H and O–H groups in total. The number of hydrogen-bond acceptors (Lipinski definition) is 5. The Bertz CT molecular complexity index is 1300. The van der Waals surface area contributed by atoms with Gasteiger partial charge in [-0.3, -0.25) is 9.52 Å². The first kappa shape index (κ1) is 22.1. The summed E-state index contributed by atoms with van der Waals surface area (Å²) in [4.78, 5) is 14.2. The highest BCUT2D eigenvalue weighted by atomic mass is 32.2. The highest BCUT2D eigenvalue weighted by Gasteiger charge is 2.22. The average Bonchev–Trinajstić information content (AvgIpc) is 2.92. The van der Waals surface area contributed by atoms with Gasteiger partial charge in [-0.2, -0.15) is 5.26 Å². The minimum absolute atomic E-state index is 0.150. The number of nitrogens with zero attached hydrogens (tertiary/aromatic N) is 1. The first-order valence-electron chi connectivity index (χ1n) is 10.4. The Morgan fingerprint density at radius 2 is 1.81 bits per heavy atom. The van der Waals surface area contributed by atoms with Crippen LogP contribution in [0.1, 0.15) is 51.2 Å². The Kier molecular flexibility index (Phi) is 6.31. The van der Waals surface area contributed by atoms with Crippen LogP contribution in [0.5, 0.6) is 0 Å². The van der Waals surface area contributed by atoms with Crippen molar-refractivity contribution in [2.45, 2.75) is 43.9 Å². The molecule has 0 radical (unpaired) electrons. The Balaban J connectivity index is 1.54. The topological polar surface area (TPSA) is 99.1 Å². The van der Waals surface area contributed by atoms with Gasteiger partial charge in [0.2, 0.25) is 0 Å². The summed E-state index contributed by atoms with van der Waals surface area (Å²) in [5.41, 5.74) is 3.17. The molecule has 0 spiro atoms. The number of hydrogen-bond donors (Lipinski definition) is 2. The third-order valence-corrected chi connectivity index (χ3v) is 8.07. The molecule has 1 aromatic heterocycles. The van der Waals surface area contributed by atoms with E-state index in [4.69, 9.17) is 0 Å². The lowest BCUT2D eigenvalue weighted by Crippen LogP contribution is -2.15. The summed E-state index contributed by atoms with van der Waals surface area (Å²) in [6, 6.07) is 15.1. The van der Waals surface area contributed by atoms with Crippen LogP contribution in [-0.2, 0) is 22.9 Å². The smallest absolute Gasteiger partial charge is 0.261 e.